The highest BCUT2D eigenvalue weighted by Gasteiger charge is 2.17. The standard InChI is InChI=1S/C15H10BrClINO2/c16-9-5-6-13(19-14(20)8-18)11(7-9)15(21)10-3-1-2-4-12(10)17/h1-7H,8H2,(H,19,20). The monoisotopic (exact) mass is 477 g/mol. The first-order valence-electron chi connectivity index (χ1n) is 5.97. The average molecular weight is 479 g/mol. The number of amides is 1. The van der Waals surface area contributed by atoms with E-state index >= 15 is 0 Å². The quantitative estimate of drug-likeness (QED) is 0.393. The van der Waals surface area contributed by atoms with Gasteiger partial charge >= 0.3 is 0 Å². The number of benzene rings is 2. The van der Waals surface area contributed by atoms with Gasteiger partial charge in [-0.25, -0.2) is 0 Å². The predicted molar refractivity (Wildman–Crippen MR) is 96.5 cm³/mol. The Morgan fingerprint density at radius 1 is 1.14 bits per heavy atom. The molecular weight excluding hydrogens is 468 g/mol. The molecule has 0 bridgehead atoms. The van der Waals surface area contributed by atoms with Crippen LogP contribution in [0.2, 0.25) is 5.02 Å². The first-order valence-corrected chi connectivity index (χ1v) is 8.67. The fraction of sp³-hybridized carbons (Fsp3) is 0.0667. The molecule has 1 amide bonds. The maximum Gasteiger partial charge on any atom is 0.234 e. The van der Waals surface area contributed by atoms with Gasteiger partial charge in [-0.3, -0.25) is 9.59 Å². The number of ketones is 1. The fourth-order valence-corrected chi connectivity index (χ4v) is 2.56. The van der Waals surface area contributed by atoms with Crippen molar-refractivity contribution in [3.05, 3.63) is 63.1 Å². The summed E-state index contributed by atoms with van der Waals surface area (Å²) in [5, 5.41) is 3.11. The van der Waals surface area contributed by atoms with Gasteiger partial charge in [0.15, 0.2) is 5.78 Å². The first kappa shape index (κ1) is 16.5. The molecule has 0 radical (unpaired) electrons. The van der Waals surface area contributed by atoms with Gasteiger partial charge in [0.2, 0.25) is 5.91 Å². The van der Waals surface area contributed by atoms with Crippen LogP contribution in [0.4, 0.5) is 5.69 Å². The number of nitrogens with one attached hydrogen (secondary N) is 1. The normalized spacial score (nSPS) is 10.2. The van der Waals surface area contributed by atoms with Crippen molar-refractivity contribution in [2.75, 3.05) is 9.74 Å². The molecule has 0 aliphatic rings. The summed E-state index contributed by atoms with van der Waals surface area (Å²) in [6, 6.07) is 12.0. The maximum atomic E-state index is 12.7. The number of halogens is 3. The van der Waals surface area contributed by atoms with E-state index in [9.17, 15) is 9.59 Å². The van der Waals surface area contributed by atoms with E-state index in [2.05, 4.69) is 21.2 Å². The second kappa shape index (κ2) is 7.38. The van der Waals surface area contributed by atoms with Crippen molar-refractivity contribution < 1.29 is 9.59 Å². The molecule has 0 aliphatic carbocycles. The van der Waals surface area contributed by atoms with Crippen molar-refractivity contribution in [2.45, 2.75) is 0 Å². The van der Waals surface area contributed by atoms with Crippen molar-refractivity contribution in [2.24, 2.45) is 0 Å². The third-order valence-electron chi connectivity index (χ3n) is 2.74. The number of anilines is 1. The zero-order valence-electron chi connectivity index (χ0n) is 10.7. The van der Waals surface area contributed by atoms with Gasteiger partial charge in [0.25, 0.3) is 0 Å². The second-order valence-electron chi connectivity index (χ2n) is 4.18. The smallest absolute Gasteiger partial charge is 0.234 e. The lowest BCUT2D eigenvalue weighted by Crippen LogP contribution is -2.15. The molecule has 6 heteroatoms. The van der Waals surface area contributed by atoms with E-state index in [1.807, 2.05) is 22.6 Å². The molecule has 0 aliphatic heterocycles. The Bertz CT molecular complexity index is 706. The maximum absolute atomic E-state index is 12.7. The van der Waals surface area contributed by atoms with Crippen molar-refractivity contribution in [1.29, 1.82) is 0 Å². The summed E-state index contributed by atoms with van der Waals surface area (Å²) < 4.78 is 1.07. The summed E-state index contributed by atoms with van der Waals surface area (Å²) in [7, 11) is 0. The van der Waals surface area contributed by atoms with Crippen LogP contribution >= 0.6 is 50.1 Å². The van der Waals surface area contributed by atoms with E-state index in [1.54, 1.807) is 42.5 Å². The Labute approximate surface area is 149 Å². The lowest BCUT2D eigenvalue weighted by atomic mass is 10.0. The Morgan fingerprint density at radius 2 is 1.86 bits per heavy atom. The SMILES string of the molecule is O=C(CI)Nc1ccc(Br)cc1C(=O)c1ccccc1Cl. The molecule has 21 heavy (non-hydrogen) atoms. The highest BCUT2D eigenvalue weighted by Crippen LogP contribution is 2.26. The number of rotatable bonds is 4. The van der Waals surface area contributed by atoms with Gasteiger partial charge in [-0.05, 0) is 30.3 Å². The van der Waals surface area contributed by atoms with Crippen LogP contribution in [0, 0.1) is 0 Å². The molecule has 0 saturated carbocycles. The zero-order chi connectivity index (χ0) is 15.4. The van der Waals surface area contributed by atoms with E-state index < -0.39 is 0 Å². The van der Waals surface area contributed by atoms with E-state index in [0.717, 1.165) is 4.47 Å². The number of carbonyl (C=O) groups excluding carboxylic acids is 2. The molecular formula is C15H10BrClINO2. The molecule has 3 nitrogen and oxygen atoms in total. The molecule has 0 fully saturated rings. The van der Waals surface area contributed by atoms with Gasteiger partial charge in [0.05, 0.1) is 15.1 Å². The van der Waals surface area contributed by atoms with Crippen molar-refractivity contribution in [1.82, 2.24) is 0 Å². The second-order valence-corrected chi connectivity index (χ2v) is 6.27. The number of hydrogen-bond acceptors (Lipinski definition) is 2. The molecule has 108 valence electrons. The molecule has 2 aromatic carbocycles. The lowest BCUT2D eigenvalue weighted by molar-refractivity contribution is -0.113. The predicted octanol–water partition coefficient (Wildman–Crippen LogP) is 4.71. The molecule has 0 atom stereocenters. The van der Waals surface area contributed by atoms with Gasteiger partial charge in [-0.2, -0.15) is 0 Å². The minimum absolute atomic E-state index is 0.161. The van der Waals surface area contributed by atoms with Crippen LogP contribution in [0.1, 0.15) is 15.9 Å². The van der Waals surface area contributed by atoms with Gasteiger partial charge in [-0.15, -0.1) is 0 Å². The Balaban J connectivity index is 2.47. The lowest BCUT2D eigenvalue weighted by Gasteiger charge is -2.11. The summed E-state index contributed by atoms with van der Waals surface area (Å²) >= 11 is 11.4. The van der Waals surface area contributed by atoms with E-state index in [4.69, 9.17) is 11.6 Å². The highest BCUT2D eigenvalue weighted by atomic mass is 127. The van der Waals surface area contributed by atoms with E-state index in [1.165, 1.54) is 0 Å². The number of alkyl halides is 1. The zero-order valence-corrected chi connectivity index (χ0v) is 15.2. The number of carbonyl (C=O) groups is 2. The highest BCUT2D eigenvalue weighted by molar-refractivity contribution is 14.1. The molecule has 2 rings (SSSR count). The van der Waals surface area contributed by atoms with E-state index in [0.29, 0.717) is 26.3 Å². The average Bonchev–Trinajstić information content (AvgIpc) is 2.48. The van der Waals surface area contributed by atoms with Crippen LogP contribution in [0.5, 0.6) is 0 Å². The fourth-order valence-electron chi connectivity index (χ4n) is 1.79. The molecule has 0 heterocycles. The van der Waals surface area contributed by atoms with Crippen LogP contribution in [0.3, 0.4) is 0 Å². The van der Waals surface area contributed by atoms with E-state index in [-0.39, 0.29) is 11.7 Å². The summed E-state index contributed by atoms with van der Waals surface area (Å²) in [6.07, 6.45) is 0. The first-order chi connectivity index (χ1) is 10.0. The van der Waals surface area contributed by atoms with Crippen LogP contribution in [0.25, 0.3) is 0 Å². The van der Waals surface area contributed by atoms with Crippen LogP contribution in [-0.2, 0) is 4.79 Å². The summed E-state index contributed by atoms with van der Waals surface area (Å²) in [5.41, 5.74) is 1.28. The largest absolute Gasteiger partial charge is 0.325 e. The van der Waals surface area contributed by atoms with Crippen molar-refractivity contribution in [3.8, 4) is 0 Å². The summed E-state index contributed by atoms with van der Waals surface area (Å²) in [6.45, 7) is 0. The Hall–Kier alpha value is -0.920. The van der Waals surface area contributed by atoms with Crippen LogP contribution < -0.4 is 5.32 Å². The number of hydrogen-bond donors (Lipinski definition) is 1. The molecule has 0 saturated heterocycles. The third-order valence-corrected chi connectivity index (χ3v) is 4.26. The van der Waals surface area contributed by atoms with Crippen molar-refractivity contribution in [3.63, 3.8) is 0 Å². The summed E-state index contributed by atoms with van der Waals surface area (Å²) in [5.74, 6) is -0.392. The molecule has 0 unspecified atom stereocenters. The van der Waals surface area contributed by atoms with Gasteiger partial charge in [0, 0.05) is 15.6 Å². The molecule has 0 spiro atoms. The minimum atomic E-state index is -0.231. The van der Waals surface area contributed by atoms with Gasteiger partial charge < -0.3 is 5.32 Å². The topological polar surface area (TPSA) is 46.2 Å². The van der Waals surface area contributed by atoms with Crippen LogP contribution in [0.15, 0.2) is 46.9 Å². The third kappa shape index (κ3) is 4.05. The van der Waals surface area contributed by atoms with Crippen molar-refractivity contribution >= 4 is 67.5 Å². The Kier molecular flexibility index (Phi) is 5.78. The van der Waals surface area contributed by atoms with Gasteiger partial charge in [-0.1, -0.05) is 62.3 Å². The molecule has 0 aromatic heterocycles. The van der Waals surface area contributed by atoms with Gasteiger partial charge in [0.1, 0.15) is 0 Å². The Morgan fingerprint density at radius 3 is 2.52 bits per heavy atom. The summed E-state index contributed by atoms with van der Waals surface area (Å²) in [4.78, 5) is 24.2. The molecule has 2 aromatic rings. The molecule has 1 N–H and O–H groups in total. The van der Waals surface area contributed by atoms with Crippen LogP contribution in [-0.4, -0.2) is 16.1 Å². The minimum Gasteiger partial charge on any atom is -0.325 e.